The van der Waals surface area contributed by atoms with Gasteiger partial charge in [0.2, 0.25) is 0 Å². The van der Waals surface area contributed by atoms with Crippen LogP contribution in [0.25, 0.3) is 0 Å². The van der Waals surface area contributed by atoms with Crippen molar-refractivity contribution >= 4 is 17.4 Å². The van der Waals surface area contributed by atoms with E-state index in [0.717, 1.165) is 23.6 Å². The number of hydrogen-bond acceptors (Lipinski definition) is 3. The smallest absolute Gasteiger partial charge is 0.128 e. The third-order valence-electron chi connectivity index (χ3n) is 4.34. The Morgan fingerprint density at radius 3 is 2.62 bits per heavy atom. The van der Waals surface area contributed by atoms with Gasteiger partial charge >= 0.3 is 0 Å². The lowest BCUT2D eigenvalue weighted by molar-refractivity contribution is 0.314. The second-order valence-electron chi connectivity index (χ2n) is 7.26. The zero-order chi connectivity index (χ0) is 15.6. The van der Waals surface area contributed by atoms with Crippen molar-refractivity contribution in [1.82, 2.24) is 9.88 Å². The van der Waals surface area contributed by atoms with E-state index >= 15 is 0 Å². The maximum atomic E-state index is 6.06. The second kappa shape index (κ2) is 6.53. The molecule has 1 aliphatic heterocycles. The maximum absolute atomic E-state index is 6.06. The molecule has 118 valence electrons. The van der Waals surface area contributed by atoms with Crippen molar-refractivity contribution in [2.24, 2.45) is 0 Å². The molecule has 0 N–H and O–H groups in total. The molecule has 2 rings (SSSR count). The van der Waals surface area contributed by atoms with Gasteiger partial charge in [-0.2, -0.15) is 0 Å². The summed E-state index contributed by atoms with van der Waals surface area (Å²) < 4.78 is 0. The summed E-state index contributed by atoms with van der Waals surface area (Å²) in [5, 5.41) is 0. The molecule has 0 radical (unpaired) electrons. The average molecular weight is 310 g/mol. The quantitative estimate of drug-likeness (QED) is 0.791. The van der Waals surface area contributed by atoms with Crippen LogP contribution in [0.2, 0.25) is 0 Å². The van der Waals surface area contributed by atoms with E-state index in [2.05, 4.69) is 56.8 Å². The van der Waals surface area contributed by atoms with E-state index in [4.69, 9.17) is 16.6 Å². The number of aromatic nitrogens is 1. The molecule has 4 heteroatoms. The fraction of sp³-hybridized carbons (Fsp3) is 0.706. The van der Waals surface area contributed by atoms with Crippen LogP contribution in [-0.4, -0.2) is 43.1 Å². The molecule has 3 nitrogen and oxygen atoms in total. The van der Waals surface area contributed by atoms with E-state index in [1.165, 1.54) is 19.4 Å². The second-order valence-corrected chi connectivity index (χ2v) is 7.53. The van der Waals surface area contributed by atoms with Crippen LogP contribution in [-0.2, 0) is 11.3 Å². The minimum absolute atomic E-state index is 0.0435. The first-order valence-corrected chi connectivity index (χ1v) is 8.33. The summed E-state index contributed by atoms with van der Waals surface area (Å²) in [7, 11) is 4.35. The molecule has 1 unspecified atom stereocenters. The Balaban J connectivity index is 2.21. The van der Waals surface area contributed by atoms with Gasteiger partial charge < -0.3 is 9.80 Å². The van der Waals surface area contributed by atoms with E-state index in [-0.39, 0.29) is 5.41 Å². The summed E-state index contributed by atoms with van der Waals surface area (Å²) in [5.74, 6) is 1.58. The largest absolute Gasteiger partial charge is 0.358 e. The zero-order valence-corrected chi connectivity index (χ0v) is 14.7. The van der Waals surface area contributed by atoms with E-state index in [9.17, 15) is 0 Å². The highest BCUT2D eigenvalue weighted by molar-refractivity contribution is 6.17. The first kappa shape index (κ1) is 16.6. The Hall–Kier alpha value is -0.800. The van der Waals surface area contributed by atoms with Crippen LogP contribution in [0.5, 0.6) is 0 Å². The normalized spacial score (nSPS) is 20.0. The number of halogens is 1. The van der Waals surface area contributed by atoms with Crippen LogP contribution in [0, 0.1) is 0 Å². The van der Waals surface area contributed by atoms with Crippen molar-refractivity contribution in [2.75, 3.05) is 32.1 Å². The van der Waals surface area contributed by atoms with Crippen LogP contribution in [0.1, 0.15) is 44.9 Å². The van der Waals surface area contributed by atoms with Crippen molar-refractivity contribution in [3.05, 3.63) is 23.4 Å². The van der Waals surface area contributed by atoms with E-state index in [1.54, 1.807) is 0 Å². The van der Waals surface area contributed by atoms with Gasteiger partial charge in [-0.1, -0.05) is 20.8 Å². The van der Waals surface area contributed by atoms with Crippen molar-refractivity contribution in [3.63, 3.8) is 0 Å². The zero-order valence-electron chi connectivity index (χ0n) is 14.0. The Kier molecular flexibility index (Phi) is 5.15. The Morgan fingerprint density at radius 2 is 2.10 bits per heavy atom. The lowest BCUT2D eigenvalue weighted by Gasteiger charge is -2.28. The van der Waals surface area contributed by atoms with Crippen molar-refractivity contribution < 1.29 is 0 Å². The Bertz CT molecular complexity index is 481. The van der Waals surface area contributed by atoms with Gasteiger partial charge in [-0.25, -0.2) is 4.98 Å². The minimum Gasteiger partial charge on any atom is -0.358 e. The third kappa shape index (κ3) is 4.10. The molecule has 1 aromatic heterocycles. The van der Waals surface area contributed by atoms with Crippen molar-refractivity contribution in [1.29, 1.82) is 0 Å². The summed E-state index contributed by atoms with van der Waals surface area (Å²) in [6.45, 7) is 8.82. The standard InChI is InChI=1S/C17H28ClN3/c1-17(2,3)15-9-13(11-18)10-16(19-15)21(5)12-14-7-6-8-20(14)4/h9-10,14H,6-8,11-12H2,1-5H3. The van der Waals surface area contributed by atoms with Crippen LogP contribution in [0.3, 0.4) is 0 Å². The number of likely N-dealkylation sites (tertiary alicyclic amines) is 1. The SMILES string of the molecule is CN(CC1CCCN1C)c1cc(CCl)cc(C(C)(C)C)n1. The molecule has 1 aliphatic rings. The predicted molar refractivity (Wildman–Crippen MR) is 91.4 cm³/mol. The van der Waals surface area contributed by atoms with Gasteiger partial charge in [0, 0.05) is 36.6 Å². The number of alkyl halides is 1. The van der Waals surface area contributed by atoms with Gasteiger partial charge in [0.25, 0.3) is 0 Å². The molecule has 1 fully saturated rings. The molecule has 1 aromatic rings. The summed E-state index contributed by atoms with van der Waals surface area (Å²) in [6.07, 6.45) is 2.58. The predicted octanol–water partition coefficient (Wildman–Crippen LogP) is 3.65. The summed E-state index contributed by atoms with van der Waals surface area (Å²) >= 11 is 6.06. The summed E-state index contributed by atoms with van der Waals surface area (Å²) in [5.41, 5.74) is 2.31. The molecular weight excluding hydrogens is 282 g/mol. The number of rotatable bonds is 4. The van der Waals surface area contributed by atoms with E-state index in [1.807, 2.05) is 0 Å². The number of likely N-dealkylation sites (N-methyl/N-ethyl adjacent to an activating group) is 2. The molecule has 0 bridgehead atoms. The van der Waals surface area contributed by atoms with Gasteiger partial charge in [-0.05, 0) is 44.1 Å². The van der Waals surface area contributed by atoms with Gasteiger partial charge in [0.05, 0.1) is 0 Å². The molecule has 2 heterocycles. The van der Waals surface area contributed by atoms with Gasteiger partial charge in [0.15, 0.2) is 0 Å². The number of hydrogen-bond donors (Lipinski definition) is 0. The highest BCUT2D eigenvalue weighted by atomic mass is 35.5. The highest BCUT2D eigenvalue weighted by Gasteiger charge is 2.23. The van der Waals surface area contributed by atoms with Crippen LogP contribution >= 0.6 is 11.6 Å². The molecule has 0 spiro atoms. The van der Waals surface area contributed by atoms with E-state index in [0.29, 0.717) is 11.9 Å². The molecule has 21 heavy (non-hydrogen) atoms. The summed E-state index contributed by atoms with van der Waals surface area (Å²) in [4.78, 5) is 9.59. The van der Waals surface area contributed by atoms with Gasteiger partial charge in [0.1, 0.15) is 5.82 Å². The van der Waals surface area contributed by atoms with Crippen LogP contribution in [0.15, 0.2) is 12.1 Å². The molecule has 0 amide bonds. The number of nitrogens with zero attached hydrogens (tertiary/aromatic N) is 3. The van der Waals surface area contributed by atoms with Crippen LogP contribution < -0.4 is 4.90 Å². The highest BCUT2D eigenvalue weighted by Crippen LogP contribution is 2.26. The monoisotopic (exact) mass is 309 g/mol. The number of anilines is 1. The Labute approximate surface area is 134 Å². The topological polar surface area (TPSA) is 19.4 Å². The van der Waals surface area contributed by atoms with E-state index < -0.39 is 0 Å². The first-order chi connectivity index (χ1) is 9.81. The van der Waals surface area contributed by atoms with Gasteiger partial charge in [-0.3, -0.25) is 0 Å². The van der Waals surface area contributed by atoms with Crippen LogP contribution in [0.4, 0.5) is 5.82 Å². The first-order valence-electron chi connectivity index (χ1n) is 7.80. The lowest BCUT2D eigenvalue weighted by atomic mass is 9.91. The van der Waals surface area contributed by atoms with Crippen molar-refractivity contribution in [2.45, 2.75) is 50.9 Å². The molecule has 1 saturated heterocycles. The Morgan fingerprint density at radius 1 is 1.38 bits per heavy atom. The minimum atomic E-state index is 0.0435. The fourth-order valence-corrected chi connectivity index (χ4v) is 3.00. The number of pyridine rings is 1. The fourth-order valence-electron chi connectivity index (χ4n) is 2.85. The van der Waals surface area contributed by atoms with Gasteiger partial charge in [-0.15, -0.1) is 11.6 Å². The molecular formula is C17H28ClN3. The molecule has 0 aromatic carbocycles. The van der Waals surface area contributed by atoms with Crippen molar-refractivity contribution in [3.8, 4) is 0 Å². The summed E-state index contributed by atoms with van der Waals surface area (Å²) in [6, 6.07) is 4.89. The average Bonchev–Trinajstić information content (AvgIpc) is 2.82. The molecule has 1 atom stereocenters. The molecule has 0 saturated carbocycles. The maximum Gasteiger partial charge on any atom is 0.128 e. The molecule has 0 aliphatic carbocycles. The lowest BCUT2D eigenvalue weighted by Crippen LogP contribution is -2.37. The third-order valence-corrected chi connectivity index (χ3v) is 4.65.